The minimum absolute atomic E-state index is 0.00388. The molecule has 6 heteroatoms. The van der Waals surface area contributed by atoms with E-state index in [0.29, 0.717) is 17.1 Å². The van der Waals surface area contributed by atoms with Crippen molar-refractivity contribution in [2.24, 2.45) is 0 Å². The Morgan fingerprint density at radius 3 is 2.70 bits per heavy atom. The van der Waals surface area contributed by atoms with Crippen molar-refractivity contribution in [3.8, 4) is 11.5 Å². The van der Waals surface area contributed by atoms with Gasteiger partial charge in [0.15, 0.2) is 11.6 Å². The van der Waals surface area contributed by atoms with Gasteiger partial charge in [-0.2, -0.15) is 0 Å². The first kappa shape index (κ1) is 16.8. The van der Waals surface area contributed by atoms with E-state index in [1.807, 2.05) is 0 Å². The molecule has 120 valence electrons. The monoisotopic (exact) mass is 335 g/mol. The van der Waals surface area contributed by atoms with Crippen LogP contribution in [0.1, 0.15) is 10.4 Å². The summed E-state index contributed by atoms with van der Waals surface area (Å²) in [4.78, 5) is 12.3. The van der Waals surface area contributed by atoms with Crippen LogP contribution >= 0.6 is 11.6 Å². The van der Waals surface area contributed by atoms with Crippen LogP contribution in [0.2, 0.25) is 5.02 Å². The zero-order valence-corrected chi connectivity index (χ0v) is 13.4. The summed E-state index contributed by atoms with van der Waals surface area (Å²) in [5.74, 6) is 0.0756. The lowest BCUT2D eigenvalue weighted by Gasteiger charge is -2.08. The first-order chi connectivity index (χ1) is 11.1. The number of halogens is 2. The molecule has 0 radical (unpaired) electrons. The van der Waals surface area contributed by atoms with E-state index in [-0.39, 0.29) is 16.5 Å². The summed E-state index contributed by atoms with van der Waals surface area (Å²) in [7, 11) is 2.98. The van der Waals surface area contributed by atoms with Gasteiger partial charge >= 0.3 is 0 Å². The molecule has 0 bridgehead atoms. The number of benzene rings is 2. The maximum Gasteiger partial charge on any atom is 0.191 e. The summed E-state index contributed by atoms with van der Waals surface area (Å²) in [5.41, 5.74) is 0.524. The molecule has 1 N–H and O–H groups in total. The summed E-state index contributed by atoms with van der Waals surface area (Å²) in [6.07, 6.45) is 2.62. The topological polar surface area (TPSA) is 47.6 Å². The second-order valence-corrected chi connectivity index (χ2v) is 4.92. The van der Waals surface area contributed by atoms with E-state index in [1.165, 1.54) is 38.6 Å². The average molecular weight is 336 g/mol. The molecule has 0 aliphatic heterocycles. The Morgan fingerprint density at radius 1 is 1.22 bits per heavy atom. The van der Waals surface area contributed by atoms with Gasteiger partial charge in [0.2, 0.25) is 0 Å². The van der Waals surface area contributed by atoms with Crippen LogP contribution in [-0.4, -0.2) is 20.0 Å². The first-order valence-electron chi connectivity index (χ1n) is 6.70. The molecule has 0 saturated heterocycles. The molecule has 0 aliphatic rings. The fourth-order valence-corrected chi connectivity index (χ4v) is 2.09. The SMILES string of the molecule is COc1ccc(OC)c(C(=O)C=CNc2cccc(Cl)c2F)c1. The largest absolute Gasteiger partial charge is 0.497 e. The van der Waals surface area contributed by atoms with Crippen LogP contribution in [0.4, 0.5) is 10.1 Å². The highest BCUT2D eigenvalue weighted by Gasteiger charge is 2.11. The molecule has 2 aromatic carbocycles. The van der Waals surface area contributed by atoms with Gasteiger partial charge in [0, 0.05) is 12.3 Å². The van der Waals surface area contributed by atoms with E-state index in [1.54, 1.807) is 24.3 Å². The molecule has 4 nitrogen and oxygen atoms in total. The molecule has 0 amide bonds. The Morgan fingerprint density at radius 2 is 2.00 bits per heavy atom. The number of carbonyl (C=O) groups is 1. The minimum Gasteiger partial charge on any atom is -0.497 e. The number of allylic oxidation sites excluding steroid dienone is 1. The number of ketones is 1. The summed E-state index contributed by atoms with van der Waals surface area (Å²) in [5, 5.41) is 2.69. The smallest absolute Gasteiger partial charge is 0.191 e. The number of nitrogens with one attached hydrogen (secondary N) is 1. The Labute approximate surface area is 138 Å². The van der Waals surface area contributed by atoms with E-state index in [2.05, 4.69) is 5.32 Å². The molecule has 0 saturated carbocycles. The first-order valence-corrected chi connectivity index (χ1v) is 7.08. The summed E-state index contributed by atoms with van der Waals surface area (Å²) in [6, 6.07) is 9.48. The van der Waals surface area contributed by atoms with Crippen molar-refractivity contribution in [3.05, 3.63) is 65.1 Å². The molecule has 0 fully saturated rings. The van der Waals surface area contributed by atoms with Gasteiger partial charge in [-0.25, -0.2) is 4.39 Å². The van der Waals surface area contributed by atoms with Gasteiger partial charge in [0.1, 0.15) is 11.5 Å². The van der Waals surface area contributed by atoms with Crippen LogP contribution < -0.4 is 14.8 Å². The highest BCUT2D eigenvalue weighted by atomic mass is 35.5. The van der Waals surface area contributed by atoms with Crippen molar-refractivity contribution in [3.63, 3.8) is 0 Å². The van der Waals surface area contributed by atoms with E-state index in [4.69, 9.17) is 21.1 Å². The molecule has 2 rings (SSSR count). The van der Waals surface area contributed by atoms with Crippen LogP contribution in [0.25, 0.3) is 0 Å². The van der Waals surface area contributed by atoms with E-state index >= 15 is 0 Å². The summed E-state index contributed by atoms with van der Waals surface area (Å²) < 4.78 is 24.0. The molecule has 23 heavy (non-hydrogen) atoms. The maximum absolute atomic E-state index is 13.7. The molecule has 2 aromatic rings. The van der Waals surface area contributed by atoms with Gasteiger partial charge in [0.05, 0.1) is 30.5 Å². The zero-order chi connectivity index (χ0) is 16.8. The number of rotatable bonds is 6. The Bertz CT molecular complexity index is 747. The number of carbonyl (C=O) groups excluding carboxylic acids is 1. The molecule has 0 heterocycles. The van der Waals surface area contributed by atoms with Crippen LogP contribution in [0, 0.1) is 5.82 Å². The van der Waals surface area contributed by atoms with Gasteiger partial charge < -0.3 is 14.8 Å². The number of ether oxygens (including phenoxy) is 2. The minimum atomic E-state index is -0.578. The maximum atomic E-state index is 13.7. The predicted molar refractivity (Wildman–Crippen MR) is 88.0 cm³/mol. The van der Waals surface area contributed by atoms with Crippen molar-refractivity contribution in [2.45, 2.75) is 0 Å². The normalized spacial score (nSPS) is 10.6. The lowest BCUT2D eigenvalue weighted by atomic mass is 10.1. The van der Waals surface area contributed by atoms with Crippen molar-refractivity contribution in [2.75, 3.05) is 19.5 Å². The van der Waals surface area contributed by atoms with Crippen LogP contribution in [0.15, 0.2) is 48.7 Å². The Balaban J connectivity index is 2.17. The summed E-state index contributed by atoms with van der Waals surface area (Å²) in [6.45, 7) is 0. The van der Waals surface area contributed by atoms with Crippen LogP contribution in [-0.2, 0) is 0 Å². The van der Waals surface area contributed by atoms with E-state index < -0.39 is 5.82 Å². The molecule has 0 aliphatic carbocycles. The van der Waals surface area contributed by atoms with E-state index in [0.717, 1.165) is 0 Å². The van der Waals surface area contributed by atoms with Crippen molar-refractivity contribution >= 4 is 23.1 Å². The zero-order valence-electron chi connectivity index (χ0n) is 12.6. The van der Waals surface area contributed by atoms with Crippen LogP contribution in [0.5, 0.6) is 11.5 Å². The average Bonchev–Trinajstić information content (AvgIpc) is 2.57. The number of anilines is 1. The molecular weight excluding hydrogens is 321 g/mol. The van der Waals surface area contributed by atoms with E-state index in [9.17, 15) is 9.18 Å². The Kier molecular flexibility index (Phi) is 5.60. The second kappa shape index (κ2) is 7.65. The molecule has 0 aromatic heterocycles. The fraction of sp³-hybridized carbons (Fsp3) is 0.118. The van der Waals surface area contributed by atoms with Gasteiger partial charge in [-0.15, -0.1) is 0 Å². The van der Waals surface area contributed by atoms with Gasteiger partial charge in [0.25, 0.3) is 0 Å². The van der Waals surface area contributed by atoms with Crippen molar-refractivity contribution < 1.29 is 18.7 Å². The third-order valence-electron chi connectivity index (χ3n) is 3.10. The number of methoxy groups -OCH3 is 2. The third-order valence-corrected chi connectivity index (χ3v) is 3.39. The summed E-state index contributed by atoms with van der Waals surface area (Å²) >= 11 is 5.69. The lowest BCUT2D eigenvalue weighted by Crippen LogP contribution is -2.01. The standard InChI is InChI=1S/C17H15ClFNO3/c1-22-11-6-7-16(23-2)12(10-11)15(21)8-9-20-14-5-3-4-13(18)17(14)19/h3-10,20H,1-2H3. The highest BCUT2D eigenvalue weighted by Crippen LogP contribution is 2.25. The predicted octanol–water partition coefficient (Wildman–Crippen LogP) is 4.30. The number of hydrogen-bond acceptors (Lipinski definition) is 4. The second-order valence-electron chi connectivity index (χ2n) is 4.51. The van der Waals surface area contributed by atoms with Gasteiger partial charge in [-0.05, 0) is 30.3 Å². The quantitative estimate of drug-likeness (QED) is 0.631. The molecular formula is C17H15ClFNO3. The molecule has 0 spiro atoms. The Hall–Kier alpha value is -2.53. The van der Waals surface area contributed by atoms with Gasteiger partial charge in [-0.3, -0.25) is 4.79 Å². The van der Waals surface area contributed by atoms with Crippen molar-refractivity contribution in [1.29, 1.82) is 0 Å². The molecule has 0 unspecified atom stereocenters. The van der Waals surface area contributed by atoms with Gasteiger partial charge in [-0.1, -0.05) is 17.7 Å². The van der Waals surface area contributed by atoms with Crippen molar-refractivity contribution in [1.82, 2.24) is 0 Å². The third kappa shape index (κ3) is 4.02. The highest BCUT2D eigenvalue weighted by molar-refractivity contribution is 6.31. The number of hydrogen-bond donors (Lipinski definition) is 1. The fourth-order valence-electron chi connectivity index (χ4n) is 1.92. The molecule has 0 atom stereocenters. The van der Waals surface area contributed by atoms with Crippen LogP contribution in [0.3, 0.4) is 0 Å². The lowest BCUT2D eigenvalue weighted by molar-refractivity contribution is 0.104.